The Balaban J connectivity index is 0. The molecule has 20 heavy (non-hydrogen) atoms. The van der Waals surface area contributed by atoms with Crippen LogP contribution in [0.4, 0.5) is 11.5 Å². The summed E-state index contributed by atoms with van der Waals surface area (Å²) in [4.78, 5) is 0. The van der Waals surface area contributed by atoms with Crippen molar-refractivity contribution in [1.82, 2.24) is 10.2 Å². The minimum absolute atomic E-state index is 0.0475. The number of aromatic nitrogens is 2. The summed E-state index contributed by atoms with van der Waals surface area (Å²) in [7, 11) is -9.33. The van der Waals surface area contributed by atoms with Crippen LogP contribution in [-0.4, -0.2) is 57.0 Å². The number of hydrogen-bond donors (Lipinski definition) is 8. The molecule has 0 aliphatic heterocycles. The molecular formula is C5H14N4O9S2. The van der Waals surface area contributed by atoms with Gasteiger partial charge in [0.05, 0.1) is 11.4 Å². The minimum Gasteiger partial charge on any atom is -0.396 e. The van der Waals surface area contributed by atoms with Crippen LogP contribution in [0.15, 0.2) is 0 Å². The second-order valence-electron chi connectivity index (χ2n) is 2.87. The highest BCUT2D eigenvalue weighted by molar-refractivity contribution is 7.80. The molecule has 1 rings (SSSR count). The van der Waals surface area contributed by atoms with Gasteiger partial charge in [-0.2, -0.15) is 21.9 Å². The SMILES string of the molecule is Nc1n[nH]c(CCO)c1N.O=S(=O)(O)O.O=S(=O)(O)O. The summed E-state index contributed by atoms with van der Waals surface area (Å²) in [5.41, 5.74) is 11.9. The predicted molar refractivity (Wildman–Crippen MR) is 66.6 cm³/mol. The lowest BCUT2D eigenvalue weighted by atomic mass is 10.3. The van der Waals surface area contributed by atoms with Crippen LogP contribution in [0.25, 0.3) is 0 Å². The number of nitrogen functional groups attached to an aromatic ring is 2. The van der Waals surface area contributed by atoms with Gasteiger partial charge in [-0.15, -0.1) is 0 Å². The van der Waals surface area contributed by atoms with Crippen LogP contribution in [0.5, 0.6) is 0 Å². The van der Waals surface area contributed by atoms with Gasteiger partial charge in [-0.1, -0.05) is 0 Å². The largest absolute Gasteiger partial charge is 0.396 e. The molecule has 0 saturated carbocycles. The summed E-state index contributed by atoms with van der Waals surface area (Å²) >= 11 is 0. The summed E-state index contributed by atoms with van der Waals surface area (Å²) in [5.74, 6) is 0.295. The van der Waals surface area contributed by atoms with Gasteiger partial charge in [0.1, 0.15) is 0 Å². The Kier molecular flexibility index (Phi) is 8.99. The number of nitrogens with zero attached hydrogens (tertiary/aromatic N) is 1. The Morgan fingerprint density at radius 1 is 1.00 bits per heavy atom. The predicted octanol–water partition coefficient (Wildman–Crippen LogP) is -2.20. The summed E-state index contributed by atoms with van der Waals surface area (Å²) in [6.07, 6.45) is 0.468. The van der Waals surface area contributed by atoms with Crippen molar-refractivity contribution in [3.05, 3.63) is 5.69 Å². The Morgan fingerprint density at radius 3 is 1.55 bits per heavy atom. The number of nitrogens with two attached hydrogens (primary N) is 2. The molecule has 1 aromatic heterocycles. The third-order valence-electron chi connectivity index (χ3n) is 1.27. The number of hydrogen-bond acceptors (Lipinski definition) is 8. The molecule has 0 radical (unpaired) electrons. The molecule has 0 aromatic carbocycles. The second kappa shape index (κ2) is 8.64. The van der Waals surface area contributed by atoms with Crippen molar-refractivity contribution in [2.45, 2.75) is 6.42 Å². The van der Waals surface area contributed by atoms with Crippen molar-refractivity contribution in [3.63, 3.8) is 0 Å². The number of aliphatic hydroxyl groups is 1. The van der Waals surface area contributed by atoms with E-state index >= 15 is 0 Å². The maximum atomic E-state index is 8.74. The first-order chi connectivity index (χ1) is 8.75. The van der Waals surface area contributed by atoms with Gasteiger partial charge >= 0.3 is 20.8 Å². The fourth-order valence-corrected chi connectivity index (χ4v) is 0.705. The Morgan fingerprint density at radius 2 is 1.35 bits per heavy atom. The van der Waals surface area contributed by atoms with Gasteiger partial charge in [-0.05, 0) is 0 Å². The number of rotatable bonds is 2. The first-order valence-electron chi connectivity index (χ1n) is 4.34. The molecule has 15 heteroatoms. The highest BCUT2D eigenvalue weighted by atomic mass is 32.3. The fourth-order valence-electron chi connectivity index (χ4n) is 0.705. The maximum absolute atomic E-state index is 8.74. The van der Waals surface area contributed by atoms with Gasteiger partial charge in [0.2, 0.25) is 0 Å². The Labute approximate surface area is 113 Å². The van der Waals surface area contributed by atoms with E-state index in [4.69, 9.17) is 51.6 Å². The summed E-state index contributed by atoms with van der Waals surface area (Å²) in [5, 5.41) is 14.8. The number of anilines is 2. The van der Waals surface area contributed by atoms with E-state index in [9.17, 15) is 0 Å². The van der Waals surface area contributed by atoms with Crippen LogP contribution in [0.3, 0.4) is 0 Å². The lowest BCUT2D eigenvalue weighted by Gasteiger charge is -1.92. The Bertz CT molecular complexity index is 546. The van der Waals surface area contributed by atoms with Gasteiger partial charge in [-0.25, -0.2) is 0 Å². The molecule has 13 nitrogen and oxygen atoms in total. The third kappa shape index (κ3) is 18.9. The van der Waals surface area contributed by atoms with Gasteiger partial charge in [-0.3, -0.25) is 23.3 Å². The average molecular weight is 338 g/mol. The van der Waals surface area contributed by atoms with Crippen LogP contribution in [-0.2, 0) is 27.2 Å². The normalized spacial score (nSPS) is 10.8. The zero-order valence-corrected chi connectivity index (χ0v) is 11.3. The topological polar surface area (TPSA) is 250 Å². The molecular weight excluding hydrogens is 324 g/mol. The molecule has 0 aliphatic carbocycles. The molecule has 0 fully saturated rings. The number of H-pyrrole nitrogens is 1. The molecule has 0 atom stereocenters. The highest BCUT2D eigenvalue weighted by Crippen LogP contribution is 2.14. The third-order valence-corrected chi connectivity index (χ3v) is 1.27. The van der Waals surface area contributed by atoms with E-state index in [1.54, 1.807) is 0 Å². The smallest absolute Gasteiger partial charge is 0.394 e. The van der Waals surface area contributed by atoms with Crippen molar-refractivity contribution in [2.24, 2.45) is 0 Å². The van der Waals surface area contributed by atoms with Crippen molar-refractivity contribution in [1.29, 1.82) is 0 Å². The highest BCUT2D eigenvalue weighted by Gasteiger charge is 2.04. The Hall–Kier alpha value is -1.49. The number of aromatic amines is 1. The van der Waals surface area contributed by atoms with Crippen LogP contribution in [0.1, 0.15) is 5.69 Å². The lowest BCUT2D eigenvalue weighted by Crippen LogP contribution is -1.97. The van der Waals surface area contributed by atoms with E-state index < -0.39 is 20.8 Å². The van der Waals surface area contributed by atoms with Crippen LogP contribution >= 0.6 is 0 Å². The van der Waals surface area contributed by atoms with Crippen molar-refractivity contribution < 1.29 is 40.2 Å². The van der Waals surface area contributed by atoms with Crippen molar-refractivity contribution in [3.8, 4) is 0 Å². The fraction of sp³-hybridized carbons (Fsp3) is 0.400. The standard InChI is InChI=1S/C5H10N4O.2H2O4S/c6-4-3(1-2-10)8-9-5(4)7;2*1-5(2,3)4/h10H,1-2,6H2,(H3,7,8,9);2*(H2,1,2,3,4). The zero-order chi connectivity index (χ0) is 16.6. The molecule has 0 aliphatic rings. The van der Waals surface area contributed by atoms with E-state index in [0.717, 1.165) is 0 Å². The van der Waals surface area contributed by atoms with E-state index in [-0.39, 0.29) is 6.61 Å². The second-order valence-corrected chi connectivity index (χ2v) is 4.66. The molecule has 1 heterocycles. The molecule has 1 aromatic rings. The molecule has 120 valence electrons. The van der Waals surface area contributed by atoms with Gasteiger partial charge in [0, 0.05) is 13.0 Å². The first kappa shape index (κ1) is 20.8. The summed E-state index contributed by atoms with van der Waals surface area (Å²) in [6.45, 7) is 0.0475. The zero-order valence-electron chi connectivity index (χ0n) is 9.70. The monoisotopic (exact) mass is 338 g/mol. The average Bonchev–Trinajstić information content (AvgIpc) is 2.45. The summed E-state index contributed by atoms with van der Waals surface area (Å²) in [6, 6.07) is 0. The molecule has 10 N–H and O–H groups in total. The maximum Gasteiger partial charge on any atom is 0.394 e. The van der Waals surface area contributed by atoms with E-state index in [1.807, 2.05) is 0 Å². The van der Waals surface area contributed by atoms with Gasteiger partial charge in [0.25, 0.3) is 0 Å². The van der Waals surface area contributed by atoms with E-state index in [1.165, 1.54) is 0 Å². The number of aliphatic hydroxyl groups excluding tert-OH is 1. The van der Waals surface area contributed by atoms with Crippen molar-refractivity contribution >= 4 is 32.3 Å². The van der Waals surface area contributed by atoms with E-state index in [2.05, 4.69) is 10.2 Å². The van der Waals surface area contributed by atoms with Crippen molar-refractivity contribution in [2.75, 3.05) is 18.1 Å². The quantitative estimate of drug-likeness (QED) is 0.267. The molecule has 0 saturated heterocycles. The molecule has 0 amide bonds. The van der Waals surface area contributed by atoms with Gasteiger partial charge < -0.3 is 16.6 Å². The molecule has 0 bridgehead atoms. The van der Waals surface area contributed by atoms with Gasteiger partial charge in [0.15, 0.2) is 5.82 Å². The van der Waals surface area contributed by atoms with E-state index in [0.29, 0.717) is 23.6 Å². The van der Waals surface area contributed by atoms with Crippen LogP contribution < -0.4 is 11.5 Å². The van der Waals surface area contributed by atoms with Crippen LogP contribution in [0.2, 0.25) is 0 Å². The minimum atomic E-state index is -4.67. The molecule has 0 unspecified atom stereocenters. The first-order valence-corrected chi connectivity index (χ1v) is 7.14. The number of nitrogens with one attached hydrogen (secondary N) is 1. The summed E-state index contributed by atoms with van der Waals surface area (Å²) < 4.78 is 63.2. The lowest BCUT2D eigenvalue weighted by molar-refractivity contribution is 0.298. The van der Waals surface area contributed by atoms with Crippen LogP contribution in [0, 0.1) is 0 Å². The molecule has 0 spiro atoms.